The molecular formula is C10H6F4N2OS. The molecule has 1 N–H and O–H groups in total. The molecule has 96 valence electrons. The maximum Gasteiger partial charge on any atom is 0.443 e. The molecule has 0 radical (unpaired) electrons. The van der Waals surface area contributed by atoms with Crippen LogP contribution in [-0.4, -0.2) is 15.1 Å². The fourth-order valence-electron chi connectivity index (χ4n) is 1.29. The van der Waals surface area contributed by atoms with Gasteiger partial charge in [-0.15, -0.1) is 11.3 Å². The molecule has 0 saturated heterocycles. The zero-order chi connectivity index (χ0) is 13.3. The Kier molecular flexibility index (Phi) is 3.31. The third kappa shape index (κ3) is 2.65. The second kappa shape index (κ2) is 4.62. The van der Waals surface area contributed by atoms with Crippen LogP contribution in [0.1, 0.15) is 21.6 Å². The van der Waals surface area contributed by atoms with Gasteiger partial charge in [-0.05, 0) is 6.07 Å². The van der Waals surface area contributed by atoms with Crippen LogP contribution in [0.15, 0.2) is 24.7 Å². The number of thiazole rings is 1. The van der Waals surface area contributed by atoms with E-state index in [1.165, 1.54) is 6.20 Å². The Morgan fingerprint density at radius 2 is 1.94 bits per heavy atom. The second-order valence-corrected chi connectivity index (χ2v) is 4.47. The van der Waals surface area contributed by atoms with E-state index in [1.54, 1.807) is 0 Å². The lowest BCUT2D eigenvalue weighted by Gasteiger charge is -2.07. The first-order valence-electron chi connectivity index (χ1n) is 4.69. The maximum atomic E-state index is 12.9. The Balaban J connectivity index is 2.29. The van der Waals surface area contributed by atoms with Crippen molar-refractivity contribution < 1.29 is 22.7 Å². The Morgan fingerprint density at radius 1 is 1.22 bits per heavy atom. The van der Waals surface area contributed by atoms with Crippen LogP contribution in [0.4, 0.5) is 17.6 Å². The van der Waals surface area contributed by atoms with Crippen molar-refractivity contribution in [2.45, 2.75) is 12.3 Å². The van der Waals surface area contributed by atoms with E-state index in [-0.39, 0.29) is 10.4 Å². The zero-order valence-electron chi connectivity index (χ0n) is 8.65. The Labute approximate surface area is 103 Å². The van der Waals surface area contributed by atoms with Gasteiger partial charge < -0.3 is 5.11 Å². The summed E-state index contributed by atoms with van der Waals surface area (Å²) < 4.78 is 49.8. The highest BCUT2D eigenvalue weighted by Gasteiger charge is 2.35. The fraction of sp³-hybridized carbons (Fsp3) is 0.200. The highest BCUT2D eigenvalue weighted by Crippen LogP contribution is 2.35. The molecule has 2 heterocycles. The van der Waals surface area contributed by atoms with E-state index in [4.69, 9.17) is 0 Å². The number of hydrogen-bond donors (Lipinski definition) is 1. The molecule has 18 heavy (non-hydrogen) atoms. The molecule has 3 nitrogen and oxygen atoms in total. The van der Waals surface area contributed by atoms with Crippen LogP contribution in [0.25, 0.3) is 0 Å². The Hall–Kier alpha value is -1.54. The van der Waals surface area contributed by atoms with Gasteiger partial charge in [0.25, 0.3) is 0 Å². The van der Waals surface area contributed by atoms with Crippen LogP contribution in [0, 0.1) is 5.82 Å². The summed E-state index contributed by atoms with van der Waals surface area (Å²) in [5.74, 6) is -0.674. The quantitative estimate of drug-likeness (QED) is 0.859. The summed E-state index contributed by atoms with van der Waals surface area (Å²) in [6, 6.07) is 1.00. The molecule has 0 aliphatic rings. The van der Waals surface area contributed by atoms with Crippen molar-refractivity contribution in [2.24, 2.45) is 0 Å². The molecule has 0 aliphatic heterocycles. The minimum Gasteiger partial charge on any atom is -0.383 e. The molecule has 2 aromatic rings. The van der Waals surface area contributed by atoms with Gasteiger partial charge in [-0.3, -0.25) is 4.98 Å². The predicted molar refractivity (Wildman–Crippen MR) is 55.4 cm³/mol. The number of aliphatic hydroxyl groups is 1. The van der Waals surface area contributed by atoms with Gasteiger partial charge in [-0.2, -0.15) is 13.2 Å². The van der Waals surface area contributed by atoms with E-state index in [9.17, 15) is 22.7 Å². The molecule has 0 amide bonds. The lowest BCUT2D eigenvalue weighted by Crippen LogP contribution is -2.03. The topological polar surface area (TPSA) is 46.0 Å². The average molecular weight is 278 g/mol. The van der Waals surface area contributed by atoms with E-state index >= 15 is 0 Å². The Bertz CT molecular complexity index is 555. The number of rotatable bonds is 2. The highest BCUT2D eigenvalue weighted by atomic mass is 32.1. The highest BCUT2D eigenvalue weighted by molar-refractivity contribution is 7.11. The number of aromatic nitrogens is 2. The van der Waals surface area contributed by atoms with Crippen LogP contribution in [0.3, 0.4) is 0 Å². The lowest BCUT2D eigenvalue weighted by atomic mass is 10.1. The van der Waals surface area contributed by atoms with Crippen LogP contribution >= 0.6 is 11.3 Å². The smallest absolute Gasteiger partial charge is 0.383 e. The Morgan fingerprint density at radius 3 is 2.50 bits per heavy atom. The third-order valence-corrected chi connectivity index (χ3v) is 3.17. The van der Waals surface area contributed by atoms with Crippen molar-refractivity contribution in [3.63, 3.8) is 0 Å². The van der Waals surface area contributed by atoms with E-state index < -0.39 is 23.1 Å². The number of aliphatic hydroxyl groups excluding tert-OH is 1. The minimum atomic E-state index is -4.55. The van der Waals surface area contributed by atoms with Crippen molar-refractivity contribution in [1.29, 1.82) is 0 Å². The van der Waals surface area contributed by atoms with Crippen LogP contribution < -0.4 is 0 Å². The molecule has 2 aromatic heterocycles. The first-order valence-corrected chi connectivity index (χ1v) is 5.51. The summed E-state index contributed by atoms with van der Waals surface area (Å²) in [7, 11) is 0. The van der Waals surface area contributed by atoms with Crippen molar-refractivity contribution in [2.75, 3.05) is 0 Å². The first-order chi connectivity index (χ1) is 8.38. The summed E-state index contributed by atoms with van der Waals surface area (Å²) in [6.07, 6.45) is -2.89. The van der Waals surface area contributed by atoms with Gasteiger partial charge in [0.2, 0.25) is 0 Å². The zero-order valence-corrected chi connectivity index (χ0v) is 9.46. The second-order valence-electron chi connectivity index (χ2n) is 3.40. The molecule has 0 spiro atoms. The van der Waals surface area contributed by atoms with Crippen LogP contribution in [0.2, 0.25) is 0 Å². The summed E-state index contributed by atoms with van der Waals surface area (Å²) in [5, 5.41) is 8.74. The SMILES string of the molecule is OC(c1cncc(F)c1)c1cnc(C(F)(F)F)s1. The van der Waals surface area contributed by atoms with Crippen molar-refractivity contribution in [3.05, 3.63) is 45.9 Å². The monoisotopic (exact) mass is 278 g/mol. The van der Waals surface area contributed by atoms with Gasteiger partial charge in [-0.1, -0.05) is 0 Å². The first kappa shape index (κ1) is 12.9. The number of alkyl halides is 3. The summed E-state index contributed by atoms with van der Waals surface area (Å²) in [6.45, 7) is 0. The third-order valence-electron chi connectivity index (χ3n) is 2.08. The van der Waals surface area contributed by atoms with E-state index in [0.717, 1.165) is 18.5 Å². The van der Waals surface area contributed by atoms with E-state index in [1.807, 2.05) is 0 Å². The van der Waals surface area contributed by atoms with Gasteiger partial charge in [0.1, 0.15) is 11.9 Å². The maximum absolute atomic E-state index is 12.9. The molecule has 0 fully saturated rings. The summed E-state index contributed by atoms with van der Waals surface area (Å²) in [5.41, 5.74) is 0.0763. The normalized spacial score (nSPS) is 13.6. The van der Waals surface area contributed by atoms with Crippen molar-refractivity contribution in [3.8, 4) is 0 Å². The largest absolute Gasteiger partial charge is 0.443 e. The van der Waals surface area contributed by atoms with Gasteiger partial charge in [0.15, 0.2) is 5.01 Å². The van der Waals surface area contributed by atoms with Gasteiger partial charge in [0, 0.05) is 18.0 Å². The molecule has 0 bridgehead atoms. The number of halogens is 4. The molecule has 2 rings (SSSR count). The van der Waals surface area contributed by atoms with Crippen molar-refractivity contribution in [1.82, 2.24) is 9.97 Å². The van der Waals surface area contributed by atoms with Crippen LogP contribution in [0.5, 0.6) is 0 Å². The number of nitrogens with zero attached hydrogens (tertiary/aromatic N) is 2. The van der Waals surface area contributed by atoms with E-state index in [2.05, 4.69) is 9.97 Å². The molecule has 1 unspecified atom stereocenters. The standard InChI is InChI=1S/C10H6F4N2OS/c11-6-1-5(2-15-3-6)8(17)7-4-16-9(18-7)10(12,13)14/h1-4,8,17H. The minimum absolute atomic E-state index is 0.0188. The lowest BCUT2D eigenvalue weighted by molar-refractivity contribution is -0.137. The molecule has 0 aliphatic carbocycles. The van der Waals surface area contributed by atoms with Gasteiger partial charge in [0.05, 0.1) is 11.1 Å². The molecular weight excluding hydrogens is 272 g/mol. The predicted octanol–water partition coefficient (Wildman–Crippen LogP) is 2.78. The van der Waals surface area contributed by atoms with Crippen LogP contribution in [-0.2, 0) is 6.18 Å². The molecule has 0 saturated carbocycles. The van der Waals surface area contributed by atoms with E-state index in [0.29, 0.717) is 11.3 Å². The summed E-state index contributed by atoms with van der Waals surface area (Å²) in [4.78, 5) is 6.67. The summed E-state index contributed by atoms with van der Waals surface area (Å²) >= 11 is 0.312. The number of hydrogen-bond acceptors (Lipinski definition) is 4. The van der Waals surface area contributed by atoms with Crippen molar-refractivity contribution >= 4 is 11.3 Å². The van der Waals surface area contributed by atoms with Gasteiger partial charge in [-0.25, -0.2) is 9.37 Å². The van der Waals surface area contributed by atoms with Gasteiger partial charge >= 0.3 is 6.18 Å². The average Bonchev–Trinajstić information content (AvgIpc) is 2.77. The molecule has 1 atom stereocenters. The molecule has 0 aromatic carbocycles. The number of pyridine rings is 1. The molecule has 8 heteroatoms. The fourth-order valence-corrected chi connectivity index (χ4v) is 2.08.